The van der Waals surface area contributed by atoms with E-state index in [9.17, 15) is 23.8 Å². The van der Waals surface area contributed by atoms with E-state index >= 15 is 0 Å². The van der Waals surface area contributed by atoms with Crippen LogP contribution in [0.4, 0.5) is 0 Å². The average molecular weight is 446 g/mol. The molecule has 0 aliphatic carbocycles. The summed E-state index contributed by atoms with van der Waals surface area (Å²) in [4.78, 5) is 45.6. The first kappa shape index (κ1) is 24.7. The number of nitrogens with zero attached hydrogens (tertiary/aromatic N) is 1. The molecule has 30 heavy (non-hydrogen) atoms. The van der Waals surface area contributed by atoms with Crippen LogP contribution in [-0.2, 0) is 37.5 Å². The molecule has 168 valence electrons. The first-order valence-corrected chi connectivity index (χ1v) is 11.2. The minimum absolute atomic E-state index is 0.0191. The van der Waals surface area contributed by atoms with Crippen LogP contribution < -0.4 is 5.32 Å². The molecule has 2 unspecified atom stereocenters. The van der Waals surface area contributed by atoms with E-state index in [2.05, 4.69) is 9.84 Å². The highest BCUT2D eigenvalue weighted by Gasteiger charge is 2.45. The highest BCUT2D eigenvalue weighted by molar-refractivity contribution is 7.47. The number of rotatable bonds is 12. The Kier molecular flexibility index (Phi) is 9.20. The van der Waals surface area contributed by atoms with Crippen molar-refractivity contribution >= 4 is 33.4 Å². The standard InChI is InChI=1S/C17H28BN2O9P/c1-26-10-12-16(29-30(24,25)27-2)11(17(18)28-12)4-3-8-19-13(21)7-9-20-14(22)5-6-15(20)23/h5-6,11-12,16-17H,3-4,7-10,18H2,1-2H3,(H,19,21)(H,24,25)/t11-,12+,16?,17+/m0/s1. The first-order chi connectivity index (χ1) is 14.2. The number of imide groups is 1. The largest absolute Gasteiger partial charge is 0.472 e. The molecule has 0 aromatic heterocycles. The third kappa shape index (κ3) is 6.73. The van der Waals surface area contributed by atoms with Crippen molar-refractivity contribution < 1.29 is 42.4 Å². The van der Waals surface area contributed by atoms with Crippen molar-refractivity contribution in [2.24, 2.45) is 5.92 Å². The second-order valence-electron chi connectivity index (χ2n) is 7.12. The van der Waals surface area contributed by atoms with E-state index < -0.39 is 31.8 Å². The van der Waals surface area contributed by atoms with Gasteiger partial charge in [0, 0.05) is 57.8 Å². The number of carbonyl (C=O) groups excluding carboxylic acids is 3. The number of hydrogen-bond acceptors (Lipinski definition) is 8. The fourth-order valence-corrected chi connectivity index (χ4v) is 4.24. The highest BCUT2D eigenvalue weighted by atomic mass is 31.2. The number of phosphoric acid groups is 1. The van der Waals surface area contributed by atoms with Gasteiger partial charge >= 0.3 is 7.82 Å². The minimum atomic E-state index is -4.20. The Hall–Kier alpha value is -1.56. The zero-order chi connectivity index (χ0) is 22.3. The van der Waals surface area contributed by atoms with E-state index in [1.807, 2.05) is 7.85 Å². The molecule has 1 fully saturated rings. The number of hydrogen-bond donors (Lipinski definition) is 2. The molecule has 5 atom stereocenters. The minimum Gasteiger partial charge on any atom is -0.382 e. The fourth-order valence-electron chi connectivity index (χ4n) is 3.56. The molecule has 0 spiro atoms. The summed E-state index contributed by atoms with van der Waals surface area (Å²) >= 11 is 0. The fraction of sp³-hybridized carbons (Fsp3) is 0.706. The molecule has 3 amide bonds. The van der Waals surface area contributed by atoms with Gasteiger partial charge in [0.05, 0.1) is 6.61 Å². The van der Waals surface area contributed by atoms with Gasteiger partial charge in [0.25, 0.3) is 11.8 Å². The molecule has 0 bridgehead atoms. The monoisotopic (exact) mass is 446 g/mol. The van der Waals surface area contributed by atoms with Gasteiger partial charge < -0.3 is 19.7 Å². The van der Waals surface area contributed by atoms with Crippen LogP contribution in [0.25, 0.3) is 0 Å². The van der Waals surface area contributed by atoms with E-state index in [4.69, 9.17) is 14.0 Å². The van der Waals surface area contributed by atoms with Gasteiger partial charge in [-0.1, -0.05) is 0 Å². The Bertz CT molecular complexity index is 701. The molecule has 2 aliphatic rings. The number of methoxy groups -OCH3 is 1. The molecule has 0 saturated carbocycles. The molecular weight excluding hydrogens is 418 g/mol. The Morgan fingerprint density at radius 3 is 2.60 bits per heavy atom. The van der Waals surface area contributed by atoms with Gasteiger partial charge in [0.1, 0.15) is 20.1 Å². The average Bonchev–Trinajstić information content (AvgIpc) is 3.16. The molecule has 2 rings (SSSR count). The normalized spacial score (nSPS) is 28.2. The lowest BCUT2D eigenvalue weighted by Gasteiger charge is -2.25. The van der Waals surface area contributed by atoms with Crippen LogP contribution in [0.2, 0.25) is 0 Å². The lowest BCUT2D eigenvalue weighted by Crippen LogP contribution is -2.35. The Morgan fingerprint density at radius 2 is 2.00 bits per heavy atom. The van der Waals surface area contributed by atoms with E-state index in [0.717, 1.165) is 12.0 Å². The molecule has 0 aromatic carbocycles. The third-order valence-corrected chi connectivity index (χ3v) is 6.07. The molecule has 0 radical (unpaired) electrons. The van der Waals surface area contributed by atoms with Gasteiger partial charge in [0.2, 0.25) is 5.91 Å². The van der Waals surface area contributed by atoms with Crippen molar-refractivity contribution in [3.63, 3.8) is 0 Å². The maximum Gasteiger partial charge on any atom is 0.472 e. The van der Waals surface area contributed by atoms with E-state index in [1.165, 1.54) is 19.3 Å². The van der Waals surface area contributed by atoms with Crippen molar-refractivity contribution in [2.45, 2.75) is 37.5 Å². The molecule has 2 heterocycles. The van der Waals surface area contributed by atoms with Crippen LogP contribution in [0, 0.1) is 5.92 Å². The number of nitrogens with one attached hydrogen (secondary N) is 1. The molecule has 2 N–H and O–H groups in total. The summed E-state index contributed by atoms with van der Waals surface area (Å²) in [5, 5.41) is 2.74. The van der Waals surface area contributed by atoms with Crippen molar-refractivity contribution in [2.75, 3.05) is 33.9 Å². The lowest BCUT2D eigenvalue weighted by atomic mass is 9.82. The van der Waals surface area contributed by atoms with Crippen LogP contribution in [0.3, 0.4) is 0 Å². The van der Waals surface area contributed by atoms with E-state index in [-0.39, 0.29) is 37.4 Å². The zero-order valence-corrected chi connectivity index (χ0v) is 18.2. The van der Waals surface area contributed by atoms with Gasteiger partial charge in [-0.3, -0.25) is 28.3 Å². The topological polar surface area (TPSA) is 141 Å². The lowest BCUT2D eigenvalue weighted by molar-refractivity contribution is -0.137. The SMILES string of the molecule is B[C@@H]1O[C@H](COC)C(OP(=O)(O)OC)[C@@H]1CCCNC(=O)CCN1C(=O)C=CC1=O. The summed E-state index contributed by atoms with van der Waals surface area (Å²) in [6.07, 6.45) is 2.32. The van der Waals surface area contributed by atoms with Gasteiger partial charge in [-0.05, 0) is 12.8 Å². The second kappa shape index (κ2) is 11.2. The van der Waals surface area contributed by atoms with Crippen LogP contribution in [-0.4, -0.2) is 87.5 Å². The number of amides is 3. The number of ether oxygens (including phenoxy) is 2. The van der Waals surface area contributed by atoms with Gasteiger partial charge in [-0.15, -0.1) is 0 Å². The first-order valence-electron chi connectivity index (χ1n) is 9.70. The van der Waals surface area contributed by atoms with Crippen LogP contribution in [0.1, 0.15) is 19.3 Å². The Labute approximate surface area is 176 Å². The van der Waals surface area contributed by atoms with Crippen molar-refractivity contribution in [1.82, 2.24) is 10.2 Å². The summed E-state index contributed by atoms with van der Waals surface area (Å²) in [5.74, 6) is -1.31. The summed E-state index contributed by atoms with van der Waals surface area (Å²) in [6, 6.07) is -0.234. The second-order valence-corrected chi connectivity index (χ2v) is 8.64. The van der Waals surface area contributed by atoms with E-state index in [1.54, 1.807) is 0 Å². The van der Waals surface area contributed by atoms with Gasteiger partial charge in [-0.2, -0.15) is 0 Å². The summed E-state index contributed by atoms with van der Waals surface area (Å²) < 4.78 is 32.7. The van der Waals surface area contributed by atoms with Crippen LogP contribution >= 0.6 is 7.82 Å². The summed E-state index contributed by atoms with van der Waals surface area (Å²) in [6.45, 7) is 0.598. The zero-order valence-electron chi connectivity index (χ0n) is 17.3. The van der Waals surface area contributed by atoms with Crippen molar-refractivity contribution in [1.29, 1.82) is 0 Å². The quantitative estimate of drug-likeness (QED) is 0.166. The Balaban J connectivity index is 1.78. The predicted molar refractivity (Wildman–Crippen MR) is 107 cm³/mol. The van der Waals surface area contributed by atoms with E-state index in [0.29, 0.717) is 19.4 Å². The molecule has 0 aromatic rings. The number of carbonyl (C=O) groups is 3. The Morgan fingerprint density at radius 1 is 1.33 bits per heavy atom. The van der Waals surface area contributed by atoms with Gasteiger partial charge in [0.15, 0.2) is 0 Å². The molecule has 1 saturated heterocycles. The van der Waals surface area contributed by atoms with Crippen molar-refractivity contribution in [3.8, 4) is 0 Å². The summed E-state index contributed by atoms with van der Waals surface area (Å²) in [5.41, 5.74) is 0. The predicted octanol–water partition coefficient (Wildman–Crippen LogP) is -1.05. The summed E-state index contributed by atoms with van der Waals surface area (Å²) in [7, 11) is 0.242. The molecule has 13 heteroatoms. The molecule has 11 nitrogen and oxygen atoms in total. The van der Waals surface area contributed by atoms with Gasteiger partial charge in [-0.25, -0.2) is 4.57 Å². The maximum atomic E-state index is 12.0. The molecular formula is C17H28BN2O9P. The number of phosphoric ester groups is 1. The van der Waals surface area contributed by atoms with Crippen LogP contribution in [0.15, 0.2) is 12.2 Å². The van der Waals surface area contributed by atoms with Crippen molar-refractivity contribution in [3.05, 3.63) is 12.2 Å². The highest BCUT2D eigenvalue weighted by Crippen LogP contribution is 2.48. The molecule has 2 aliphatic heterocycles. The smallest absolute Gasteiger partial charge is 0.382 e. The maximum absolute atomic E-state index is 12.0. The van der Waals surface area contributed by atoms with Crippen LogP contribution in [0.5, 0.6) is 0 Å². The third-order valence-electron chi connectivity index (χ3n) is 5.10.